The minimum absolute atomic E-state index is 0.175. The van der Waals surface area contributed by atoms with Gasteiger partial charge in [-0.25, -0.2) is 0 Å². The first-order valence-corrected chi connectivity index (χ1v) is 15.0. The molecule has 0 atom stereocenters. The van der Waals surface area contributed by atoms with Gasteiger partial charge in [-0.1, -0.05) is 35.4 Å². The number of hydrogen-bond acceptors (Lipinski definition) is 11. The van der Waals surface area contributed by atoms with Crippen LogP contribution in [0.2, 0.25) is 0 Å². The standard InChI is InChI=1S/C31H51N5O6/c1-22-10-24(14-33-28(18-37)19-38)30(41)26(12-22)16-35-6-3-7-36(9-5-32-4-8-35)17-27-13-23(2)11-25(31(27)42)15-34-29(20-39)21-40/h10-13,28-29,32-34,37-42H,3-9,14-21H2,1-2H3. The summed E-state index contributed by atoms with van der Waals surface area (Å²) in [5.41, 5.74) is 5.31. The number of aryl methyl sites for hydroxylation is 2. The summed E-state index contributed by atoms with van der Waals surface area (Å²) in [7, 11) is 0. The van der Waals surface area contributed by atoms with Gasteiger partial charge in [-0.2, -0.15) is 0 Å². The average molecular weight is 590 g/mol. The summed E-state index contributed by atoms with van der Waals surface area (Å²) in [5, 5.41) is 69.2. The van der Waals surface area contributed by atoms with E-state index in [1.165, 1.54) is 0 Å². The lowest BCUT2D eigenvalue weighted by atomic mass is 10.0. The van der Waals surface area contributed by atoms with Crippen molar-refractivity contribution in [1.82, 2.24) is 25.8 Å². The first-order valence-electron chi connectivity index (χ1n) is 15.0. The van der Waals surface area contributed by atoms with Gasteiger partial charge in [0.2, 0.25) is 0 Å². The summed E-state index contributed by atoms with van der Waals surface area (Å²) in [6.07, 6.45) is 0.936. The third-order valence-corrected chi connectivity index (χ3v) is 7.81. The maximum Gasteiger partial charge on any atom is 0.124 e. The molecule has 236 valence electrons. The van der Waals surface area contributed by atoms with Gasteiger partial charge in [0.1, 0.15) is 11.5 Å². The number of aromatic hydroxyl groups is 2. The lowest BCUT2D eigenvalue weighted by molar-refractivity contribution is 0.169. The molecule has 42 heavy (non-hydrogen) atoms. The van der Waals surface area contributed by atoms with Gasteiger partial charge in [0.25, 0.3) is 0 Å². The lowest BCUT2D eigenvalue weighted by Gasteiger charge is -2.29. The molecule has 1 saturated heterocycles. The van der Waals surface area contributed by atoms with Crippen LogP contribution in [0, 0.1) is 13.8 Å². The number of benzene rings is 2. The minimum Gasteiger partial charge on any atom is -0.507 e. The summed E-state index contributed by atoms with van der Waals surface area (Å²) in [6.45, 7) is 10.3. The summed E-state index contributed by atoms with van der Waals surface area (Å²) in [4.78, 5) is 4.69. The van der Waals surface area contributed by atoms with Crippen molar-refractivity contribution in [2.45, 2.75) is 58.5 Å². The molecule has 9 N–H and O–H groups in total. The predicted molar refractivity (Wildman–Crippen MR) is 163 cm³/mol. The highest BCUT2D eigenvalue weighted by molar-refractivity contribution is 5.44. The molecule has 0 unspecified atom stereocenters. The molecule has 0 spiro atoms. The lowest BCUT2D eigenvalue weighted by Crippen LogP contribution is -2.40. The molecule has 0 amide bonds. The summed E-state index contributed by atoms with van der Waals surface area (Å²) < 4.78 is 0. The van der Waals surface area contributed by atoms with Crippen LogP contribution in [0.3, 0.4) is 0 Å². The molecule has 3 rings (SSSR count). The average Bonchev–Trinajstić information content (AvgIpc) is 2.97. The fourth-order valence-electron chi connectivity index (χ4n) is 5.40. The Hall–Kier alpha value is -2.32. The van der Waals surface area contributed by atoms with E-state index in [2.05, 4.69) is 25.8 Å². The molecule has 1 heterocycles. The quantitative estimate of drug-likeness (QED) is 0.145. The number of phenolic OH excluding ortho intramolecular Hbond substituents is 2. The van der Waals surface area contributed by atoms with Gasteiger partial charge < -0.3 is 46.6 Å². The summed E-state index contributed by atoms with van der Waals surface area (Å²) in [5.74, 6) is 0.498. The van der Waals surface area contributed by atoms with Crippen molar-refractivity contribution in [2.24, 2.45) is 0 Å². The van der Waals surface area contributed by atoms with Crippen molar-refractivity contribution in [3.05, 3.63) is 57.6 Å². The highest BCUT2D eigenvalue weighted by Gasteiger charge is 2.18. The molecule has 11 heteroatoms. The molecular weight excluding hydrogens is 538 g/mol. The first kappa shape index (κ1) is 34.2. The van der Waals surface area contributed by atoms with E-state index in [4.69, 9.17) is 0 Å². The Morgan fingerprint density at radius 1 is 0.643 bits per heavy atom. The number of hydrogen-bond donors (Lipinski definition) is 9. The largest absolute Gasteiger partial charge is 0.507 e. The van der Waals surface area contributed by atoms with Gasteiger partial charge in [-0.3, -0.25) is 9.80 Å². The molecule has 0 bridgehead atoms. The molecular formula is C31H51N5O6. The number of aliphatic hydroxyl groups is 4. The molecule has 2 aromatic rings. The van der Waals surface area contributed by atoms with Crippen LogP contribution in [0.1, 0.15) is 39.8 Å². The van der Waals surface area contributed by atoms with Gasteiger partial charge >= 0.3 is 0 Å². The van der Waals surface area contributed by atoms with Gasteiger partial charge in [-0.15, -0.1) is 0 Å². The minimum atomic E-state index is -0.431. The van der Waals surface area contributed by atoms with Gasteiger partial charge in [0.05, 0.1) is 38.5 Å². The van der Waals surface area contributed by atoms with Gasteiger partial charge in [0.15, 0.2) is 0 Å². The number of phenols is 2. The smallest absolute Gasteiger partial charge is 0.124 e. The Kier molecular flexibility index (Phi) is 14.4. The van der Waals surface area contributed by atoms with Crippen molar-refractivity contribution in [3.8, 4) is 11.5 Å². The third-order valence-electron chi connectivity index (χ3n) is 7.81. The van der Waals surface area contributed by atoms with E-state index >= 15 is 0 Å². The van der Waals surface area contributed by atoms with Crippen LogP contribution in [-0.4, -0.2) is 118 Å². The fourth-order valence-corrected chi connectivity index (χ4v) is 5.40. The zero-order valence-corrected chi connectivity index (χ0v) is 25.1. The van der Waals surface area contributed by atoms with E-state index in [1.54, 1.807) is 0 Å². The van der Waals surface area contributed by atoms with E-state index in [9.17, 15) is 30.6 Å². The van der Waals surface area contributed by atoms with E-state index in [0.29, 0.717) is 26.2 Å². The summed E-state index contributed by atoms with van der Waals surface area (Å²) in [6, 6.07) is 7.03. The predicted octanol–water partition coefficient (Wildman–Crippen LogP) is -0.102. The molecule has 11 nitrogen and oxygen atoms in total. The molecule has 0 radical (unpaired) electrons. The van der Waals surface area contributed by atoms with Gasteiger partial charge in [-0.05, 0) is 33.4 Å². The van der Waals surface area contributed by atoms with Crippen molar-refractivity contribution < 1.29 is 30.6 Å². The number of nitrogens with one attached hydrogen (secondary N) is 3. The van der Waals surface area contributed by atoms with E-state index < -0.39 is 12.1 Å². The second-order valence-corrected chi connectivity index (χ2v) is 11.4. The van der Waals surface area contributed by atoms with E-state index in [-0.39, 0.29) is 37.9 Å². The Balaban J connectivity index is 1.64. The highest BCUT2D eigenvalue weighted by Crippen LogP contribution is 2.28. The van der Waals surface area contributed by atoms with Crippen LogP contribution in [-0.2, 0) is 26.2 Å². The highest BCUT2D eigenvalue weighted by atomic mass is 16.3. The zero-order chi connectivity index (χ0) is 30.5. The second-order valence-electron chi connectivity index (χ2n) is 11.4. The third kappa shape index (κ3) is 10.4. The number of nitrogens with zero attached hydrogens (tertiary/aromatic N) is 2. The van der Waals surface area contributed by atoms with Crippen molar-refractivity contribution in [3.63, 3.8) is 0 Å². The van der Waals surface area contributed by atoms with Crippen LogP contribution in [0.4, 0.5) is 0 Å². The molecule has 1 aliphatic rings. The monoisotopic (exact) mass is 589 g/mol. The molecule has 0 aliphatic carbocycles. The van der Waals surface area contributed by atoms with E-state index in [0.717, 1.165) is 79.1 Å². The van der Waals surface area contributed by atoms with Crippen molar-refractivity contribution in [1.29, 1.82) is 0 Å². The summed E-state index contributed by atoms with van der Waals surface area (Å²) >= 11 is 0. The molecule has 0 saturated carbocycles. The Morgan fingerprint density at radius 3 is 1.40 bits per heavy atom. The van der Waals surface area contributed by atoms with Crippen molar-refractivity contribution >= 4 is 0 Å². The number of rotatable bonds is 14. The fraction of sp³-hybridized carbons (Fsp3) is 0.613. The first-order chi connectivity index (χ1) is 20.3. The molecule has 0 aromatic heterocycles. The molecule has 1 fully saturated rings. The molecule has 2 aromatic carbocycles. The Morgan fingerprint density at radius 2 is 1.02 bits per heavy atom. The topological polar surface area (TPSA) is 164 Å². The second kappa shape index (κ2) is 17.7. The maximum absolute atomic E-state index is 11.0. The van der Waals surface area contributed by atoms with Crippen LogP contribution in [0.15, 0.2) is 24.3 Å². The number of aliphatic hydroxyl groups excluding tert-OH is 4. The van der Waals surface area contributed by atoms with Crippen LogP contribution in [0.5, 0.6) is 11.5 Å². The SMILES string of the molecule is Cc1cc(CNC(CO)CO)c(O)c(CN2CCCN(Cc3cc(C)cc(CNC(CO)CO)c3O)CCNCC2)c1. The van der Waals surface area contributed by atoms with Crippen LogP contribution >= 0.6 is 0 Å². The molecule has 1 aliphatic heterocycles. The Labute approximate surface area is 249 Å². The van der Waals surface area contributed by atoms with E-state index in [1.807, 2.05) is 38.1 Å². The normalized spacial score (nSPS) is 16.0. The zero-order valence-electron chi connectivity index (χ0n) is 25.1. The Bertz CT molecular complexity index is 1010. The van der Waals surface area contributed by atoms with Crippen LogP contribution < -0.4 is 16.0 Å². The van der Waals surface area contributed by atoms with Crippen LogP contribution in [0.25, 0.3) is 0 Å². The maximum atomic E-state index is 11.0. The van der Waals surface area contributed by atoms with Crippen molar-refractivity contribution in [2.75, 3.05) is 65.7 Å². The van der Waals surface area contributed by atoms with Gasteiger partial charge in [0, 0.05) is 74.6 Å².